The number of aryl methyl sites for hydroxylation is 2. The summed E-state index contributed by atoms with van der Waals surface area (Å²) < 4.78 is 28.1. The third-order valence-electron chi connectivity index (χ3n) is 18.7. The molecule has 0 unspecified atom stereocenters. The number of benzene rings is 7. The topological polar surface area (TPSA) is 9.72 Å². The minimum absolute atomic E-state index is 0.0155. The number of hydrogen-bond donors (Lipinski definition) is 0. The molecule has 0 bridgehead atoms. The van der Waals surface area contributed by atoms with Gasteiger partial charge in [-0.15, -0.1) is 0 Å². The van der Waals surface area contributed by atoms with E-state index in [1.165, 1.54) is 55.4 Å². The van der Waals surface area contributed by atoms with Crippen molar-refractivity contribution in [2.45, 2.75) is 168 Å². The molecule has 0 N–H and O–H groups in total. The van der Waals surface area contributed by atoms with Crippen LogP contribution >= 0.6 is 0 Å². The molecule has 3 aliphatic carbocycles. The fraction of sp³-hybridized carbons (Fsp3) is 0.382. The fourth-order valence-electron chi connectivity index (χ4n) is 14.9. The molecule has 0 saturated heterocycles. The average Bonchev–Trinajstić information content (AvgIpc) is 3.56. The third-order valence-corrected chi connectivity index (χ3v) is 18.7. The van der Waals surface area contributed by atoms with E-state index < -0.39 is 6.85 Å². The van der Waals surface area contributed by atoms with Crippen LogP contribution in [-0.2, 0) is 32.5 Å². The van der Waals surface area contributed by atoms with Crippen LogP contribution in [0.15, 0.2) is 127 Å². The zero-order valence-electron chi connectivity index (χ0n) is 48.6. The Morgan fingerprint density at radius 1 is 0.431 bits per heavy atom. The highest BCUT2D eigenvalue weighted by Gasteiger charge is 2.49. The van der Waals surface area contributed by atoms with Crippen LogP contribution in [0.3, 0.4) is 0 Å². The number of nitrogens with zero attached hydrogens (tertiary/aromatic N) is 3. The smallest absolute Gasteiger partial charge is 0.252 e. The van der Waals surface area contributed by atoms with E-state index in [4.69, 9.17) is 0 Å². The van der Waals surface area contributed by atoms with E-state index in [2.05, 4.69) is 227 Å². The normalized spacial score (nSPS) is 20.4. The molecule has 7 aromatic carbocycles. The molecule has 366 valence electrons. The van der Waals surface area contributed by atoms with Gasteiger partial charge < -0.3 is 14.7 Å². The first-order valence-corrected chi connectivity index (χ1v) is 26.9. The largest absolute Gasteiger partial charge is 0.311 e. The molecule has 7 aromatic rings. The summed E-state index contributed by atoms with van der Waals surface area (Å²) in [5.41, 5.74) is 24.2. The number of fused-ring (bicyclic) bond motifs is 7. The first-order chi connectivity index (χ1) is 35.1. The quantitative estimate of drug-likeness (QED) is 0.159. The Labute approximate surface area is 437 Å². The molecule has 2 aliphatic heterocycles. The van der Waals surface area contributed by atoms with Gasteiger partial charge in [0.15, 0.2) is 0 Å². The van der Waals surface area contributed by atoms with Crippen molar-refractivity contribution >= 4 is 74.3 Å². The monoisotopic (exact) mass is 949 g/mol. The van der Waals surface area contributed by atoms with E-state index in [1.54, 1.807) is 0 Å². The molecule has 4 heteroatoms. The minimum atomic E-state index is -2.39. The summed E-state index contributed by atoms with van der Waals surface area (Å²) in [4.78, 5) is 7.37. The lowest BCUT2D eigenvalue weighted by Gasteiger charge is -2.48. The Morgan fingerprint density at radius 2 is 0.931 bits per heavy atom. The van der Waals surface area contributed by atoms with Crippen LogP contribution < -0.4 is 31.1 Å². The molecule has 0 atom stereocenters. The van der Waals surface area contributed by atoms with Crippen LogP contribution in [0, 0.1) is 20.7 Å². The van der Waals surface area contributed by atoms with Gasteiger partial charge in [-0.25, -0.2) is 0 Å². The van der Waals surface area contributed by atoms with Gasteiger partial charge in [0.1, 0.15) is 0 Å². The molecule has 0 saturated carbocycles. The summed E-state index contributed by atoms with van der Waals surface area (Å²) in [5.74, 6) is 0. The van der Waals surface area contributed by atoms with Gasteiger partial charge in [0.25, 0.3) is 6.71 Å². The molecule has 0 amide bonds. The lowest BCUT2D eigenvalue weighted by molar-refractivity contribution is 0.330. The van der Waals surface area contributed by atoms with Crippen LogP contribution in [0.4, 0.5) is 51.2 Å². The molecule has 0 radical (unpaired) electrons. The van der Waals surface area contributed by atoms with Crippen LogP contribution in [-0.4, -0.2) is 6.71 Å². The van der Waals surface area contributed by atoms with Crippen LogP contribution in [0.2, 0.25) is 0 Å². The molecule has 0 fully saturated rings. The van der Waals surface area contributed by atoms with E-state index in [-0.39, 0.29) is 39.2 Å². The second kappa shape index (κ2) is 15.5. The van der Waals surface area contributed by atoms with Gasteiger partial charge in [0.2, 0.25) is 0 Å². The summed E-state index contributed by atoms with van der Waals surface area (Å²) in [6.07, 6.45) is 5.46. The van der Waals surface area contributed by atoms with E-state index in [9.17, 15) is 4.11 Å². The maximum Gasteiger partial charge on any atom is 0.252 e. The average molecular weight is 949 g/mol. The van der Waals surface area contributed by atoms with Gasteiger partial charge >= 0.3 is 0 Å². The lowest BCUT2D eigenvalue weighted by atomic mass is 9.33. The van der Waals surface area contributed by atoms with Gasteiger partial charge in [0.05, 0.1) is 0 Å². The lowest BCUT2D eigenvalue weighted by Crippen LogP contribution is -2.62. The van der Waals surface area contributed by atoms with Gasteiger partial charge in [-0.1, -0.05) is 144 Å². The molecule has 0 spiro atoms. The van der Waals surface area contributed by atoms with Crippen molar-refractivity contribution in [3.8, 4) is 0 Å². The number of hydrogen-bond acceptors (Lipinski definition) is 3. The maximum atomic E-state index is 9.35. The Balaban J connectivity index is 1.23. The Kier molecular flexibility index (Phi) is 9.39. The van der Waals surface area contributed by atoms with E-state index in [0.29, 0.717) is 5.56 Å². The molecule has 72 heavy (non-hydrogen) atoms. The molecule has 3 nitrogen and oxygen atoms in total. The second-order valence-electron chi connectivity index (χ2n) is 26.5. The van der Waals surface area contributed by atoms with Crippen molar-refractivity contribution in [3.05, 3.63) is 177 Å². The van der Waals surface area contributed by atoms with Crippen molar-refractivity contribution in [3.63, 3.8) is 0 Å². The highest BCUT2D eigenvalue weighted by Crippen LogP contribution is 2.56. The van der Waals surface area contributed by atoms with Gasteiger partial charge in [-0.3, -0.25) is 0 Å². The first kappa shape index (κ1) is 43.6. The molecule has 12 rings (SSSR count). The molecular formula is C68H76BN3. The van der Waals surface area contributed by atoms with E-state index >= 15 is 0 Å². The summed E-state index contributed by atoms with van der Waals surface area (Å²) in [6, 6.07) is 47.5. The van der Waals surface area contributed by atoms with Crippen molar-refractivity contribution in [2.24, 2.45) is 0 Å². The fourth-order valence-corrected chi connectivity index (χ4v) is 14.9. The highest BCUT2D eigenvalue weighted by molar-refractivity contribution is 7.00. The van der Waals surface area contributed by atoms with Crippen molar-refractivity contribution in [2.75, 3.05) is 14.7 Å². The Bertz CT molecular complexity index is 3470. The number of anilines is 9. The van der Waals surface area contributed by atoms with Gasteiger partial charge in [-0.05, 0) is 218 Å². The number of rotatable bonds is 5. The van der Waals surface area contributed by atoms with Crippen LogP contribution in [0.25, 0.3) is 0 Å². The molecule has 2 heterocycles. The van der Waals surface area contributed by atoms with E-state index in [0.717, 1.165) is 88.8 Å². The summed E-state index contributed by atoms with van der Waals surface area (Å²) in [5, 5.41) is 0. The maximum absolute atomic E-state index is 9.35. The zero-order chi connectivity index (χ0) is 53.3. The Hall–Kier alpha value is -6.00. The Morgan fingerprint density at radius 3 is 1.53 bits per heavy atom. The van der Waals surface area contributed by atoms with E-state index in [1.807, 2.05) is 12.1 Å². The summed E-state index contributed by atoms with van der Waals surface area (Å²) in [6.45, 7) is 31.0. The molecule has 0 aromatic heterocycles. The summed E-state index contributed by atoms with van der Waals surface area (Å²) >= 11 is 0. The predicted molar refractivity (Wildman–Crippen MR) is 311 cm³/mol. The first-order valence-electron chi connectivity index (χ1n) is 28.4. The highest BCUT2D eigenvalue weighted by atomic mass is 15.2. The van der Waals surface area contributed by atoms with Gasteiger partial charge in [-0.2, -0.15) is 0 Å². The van der Waals surface area contributed by atoms with Crippen LogP contribution in [0.1, 0.15) is 169 Å². The second-order valence-corrected chi connectivity index (χ2v) is 26.5. The van der Waals surface area contributed by atoms with Crippen molar-refractivity contribution in [1.29, 1.82) is 0 Å². The predicted octanol–water partition coefficient (Wildman–Crippen LogP) is 16.8. The minimum Gasteiger partial charge on any atom is -0.311 e. The summed E-state index contributed by atoms with van der Waals surface area (Å²) in [7, 11) is 0. The van der Waals surface area contributed by atoms with Gasteiger partial charge in [0, 0.05) is 55.3 Å². The number of para-hydroxylation sites is 2. The SMILES string of the molecule is [2H]C([2H])([2H])c1cc2c3c(c1)N(c1ccc4c(c1C)C(C)(C)CCC4(C)C)c1cc(N(c4ccccc4)c4ccccc4)ccc1B3c1cc3c(cc1N2c1cc2c(cc1C)C(C)(C)CC2(C)C)C(C)(C)CCC3(C)C. The van der Waals surface area contributed by atoms with Crippen LogP contribution in [0.5, 0.6) is 0 Å². The third kappa shape index (κ3) is 6.89. The van der Waals surface area contributed by atoms with Crippen molar-refractivity contribution < 1.29 is 4.11 Å². The molecular weight excluding hydrogens is 870 g/mol. The zero-order valence-corrected chi connectivity index (χ0v) is 45.6. The molecule has 5 aliphatic rings. The standard InChI is InChI=1S/C68H76BN3/c1-42-34-59-62-60(35-42)72(56-39-52-49(36-43(56)2)67(12,13)41-68(52,14)15)58-40-51-50(64(6,7)30-31-65(51,8)9)38-54(58)69(62)53-28-26-47(70(45-22-18-16-19-23-45)46-24-20-17-21-25-46)37-57(53)71(59)55-29-27-48-61(44(55)3)66(10,11)33-32-63(48,4)5/h16-29,34-40H,30-33,41H2,1-15H3/i1D3. The van der Waals surface area contributed by atoms with Crippen molar-refractivity contribution in [1.82, 2.24) is 0 Å².